The summed E-state index contributed by atoms with van der Waals surface area (Å²) in [6.45, 7) is 4.59. The van der Waals surface area contributed by atoms with E-state index in [1.807, 2.05) is 27.1 Å². The number of nitro groups is 1. The minimum Gasteiger partial charge on any atom is -0.372 e. The molecule has 108 valence electrons. The van der Waals surface area contributed by atoms with Crippen LogP contribution in [0, 0.1) is 21.4 Å². The van der Waals surface area contributed by atoms with Crippen LogP contribution in [-0.2, 0) is 0 Å². The number of nitrogens with zero attached hydrogens (tertiary/aromatic N) is 4. The molecule has 0 radical (unpaired) electrons. The lowest BCUT2D eigenvalue weighted by Crippen LogP contribution is -2.27. The lowest BCUT2D eigenvalue weighted by atomic mass is 10.1. The summed E-state index contributed by atoms with van der Waals surface area (Å²) >= 11 is 0. The van der Waals surface area contributed by atoms with Crippen molar-refractivity contribution in [2.45, 2.75) is 13.3 Å². The molecule has 6 heteroatoms. The van der Waals surface area contributed by atoms with E-state index in [0.717, 1.165) is 31.7 Å². The van der Waals surface area contributed by atoms with Crippen LogP contribution in [0.3, 0.4) is 0 Å². The fourth-order valence-corrected chi connectivity index (χ4v) is 2.01. The molecule has 0 amide bonds. The monoisotopic (exact) mass is 276 g/mol. The van der Waals surface area contributed by atoms with Gasteiger partial charge in [0.25, 0.3) is 5.69 Å². The van der Waals surface area contributed by atoms with E-state index in [-0.39, 0.29) is 11.3 Å². The van der Waals surface area contributed by atoms with Gasteiger partial charge >= 0.3 is 0 Å². The van der Waals surface area contributed by atoms with Gasteiger partial charge in [-0.3, -0.25) is 10.1 Å². The van der Waals surface area contributed by atoms with Crippen LogP contribution in [0.5, 0.6) is 0 Å². The summed E-state index contributed by atoms with van der Waals surface area (Å²) in [7, 11) is 4.03. The number of nitriles is 1. The first-order valence-electron chi connectivity index (χ1n) is 6.57. The molecule has 0 spiro atoms. The van der Waals surface area contributed by atoms with Crippen molar-refractivity contribution in [2.75, 3.05) is 38.6 Å². The van der Waals surface area contributed by atoms with Crippen molar-refractivity contribution in [3.8, 4) is 6.07 Å². The second-order valence-electron chi connectivity index (χ2n) is 4.81. The summed E-state index contributed by atoms with van der Waals surface area (Å²) < 4.78 is 0. The van der Waals surface area contributed by atoms with Crippen molar-refractivity contribution in [3.63, 3.8) is 0 Å². The molecule has 0 aliphatic heterocycles. The molecule has 1 rings (SSSR count). The maximum absolute atomic E-state index is 11.0. The number of rotatable bonds is 7. The standard InChI is InChI=1S/C14H20N4O2/c1-4-17(9-5-8-16(2)3)13-7-6-12(11-15)14(10-13)18(19)20/h6-7,10H,4-5,8-9H2,1-3H3. The highest BCUT2D eigenvalue weighted by atomic mass is 16.6. The molecule has 0 bridgehead atoms. The van der Waals surface area contributed by atoms with E-state index in [4.69, 9.17) is 5.26 Å². The van der Waals surface area contributed by atoms with Crippen molar-refractivity contribution < 1.29 is 4.92 Å². The number of hydrogen-bond acceptors (Lipinski definition) is 5. The molecule has 0 fully saturated rings. The Bertz CT molecular complexity index is 508. The van der Waals surface area contributed by atoms with E-state index in [1.54, 1.807) is 6.07 Å². The van der Waals surface area contributed by atoms with Crippen LogP contribution in [0.1, 0.15) is 18.9 Å². The highest BCUT2D eigenvalue weighted by Crippen LogP contribution is 2.25. The lowest BCUT2D eigenvalue weighted by molar-refractivity contribution is -0.385. The SMILES string of the molecule is CCN(CCCN(C)C)c1ccc(C#N)c([N+](=O)[O-])c1. The molecule has 6 nitrogen and oxygen atoms in total. The van der Waals surface area contributed by atoms with Crippen molar-refractivity contribution in [1.82, 2.24) is 4.90 Å². The molecule has 0 unspecified atom stereocenters. The third-order valence-electron chi connectivity index (χ3n) is 3.08. The van der Waals surface area contributed by atoms with Crippen molar-refractivity contribution in [2.24, 2.45) is 0 Å². The van der Waals surface area contributed by atoms with E-state index in [1.165, 1.54) is 12.1 Å². The van der Waals surface area contributed by atoms with Gasteiger partial charge in [-0.25, -0.2) is 0 Å². The fraction of sp³-hybridized carbons (Fsp3) is 0.500. The van der Waals surface area contributed by atoms with Crippen LogP contribution >= 0.6 is 0 Å². The fourth-order valence-electron chi connectivity index (χ4n) is 2.01. The largest absolute Gasteiger partial charge is 0.372 e. The molecule has 0 aliphatic carbocycles. The van der Waals surface area contributed by atoms with Gasteiger partial charge < -0.3 is 9.80 Å². The highest BCUT2D eigenvalue weighted by molar-refractivity contribution is 5.60. The molecule has 0 N–H and O–H groups in total. The van der Waals surface area contributed by atoms with Gasteiger partial charge in [0, 0.05) is 24.8 Å². The van der Waals surface area contributed by atoms with Gasteiger partial charge in [0.1, 0.15) is 11.6 Å². The van der Waals surface area contributed by atoms with Gasteiger partial charge in [-0.05, 0) is 46.1 Å². The second kappa shape index (κ2) is 7.46. The maximum Gasteiger partial charge on any atom is 0.289 e. The van der Waals surface area contributed by atoms with E-state index >= 15 is 0 Å². The molecule has 0 saturated carbocycles. The minimum absolute atomic E-state index is 0.100. The summed E-state index contributed by atoms with van der Waals surface area (Å²) in [6, 6.07) is 6.62. The molecule has 0 atom stereocenters. The van der Waals surface area contributed by atoms with Crippen LogP contribution in [0.2, 0.25) is 0 Å². The average molecular weight is 276 g/mol. The topological polar surface area (TPSA) is 73.4 Å². The zero-order valence-corrected chi connectivity index (χ0v) is 12.2. The molecule has 1 aromatic carbocycles. The molecule has 20 heavy (non-hydrogen) atoms. The highest BCUT2D eigenvalue weighted by Gasteiger charge is 2.16. The van der Waals surface area contributed by atoms with Crippen LogP contribution < -0.4 is 4.90 Å². The van der Waals surface area contributed by atoms with E-state index < -0.39 is 4.92 Å². The van der Waals surface area contributed by atoms with Crippen LogP contribution in [-0.4, -0.2) is 43.6 Å². The van der Waals surface area contributed by atoms with Gasteiger partial charge in [0.2, 0.25) is 0 Å². The first-order chi connectivity index (χ1) is 9.49. The zero-order chi connectivity index (χ0) is 15.1. The Morgan fingerprint density at radius 1 is 1.35 bits per heavy atom. The predicted molar refractivity (Wildman–Crippen MR) is 78.9 cm³/mol. The summed E-state index contributed by atoms with van der Waals surface area (Å²) in [5.74, 6) is 0. The average Bonchev–Trinajstić information content (AvgIpc) is 2.42. The van der Waals surface area contributed by atoms with E-state index in [2.05, 4.69) is 9.80 Å². The van der Waals surface area contributed by atoms with E-state index in [9.17, 15) is 10.1 Å². The second-order valence-corrected chi connectivity index (χ2v) is 4.81. The molecule has 0 aromatic heterocycles. The summed E-state index contributed by atoms with van der Waals surface area (Å²) in [4.78, 5) is 14.7. The molecule has 0 aliphatic rings. The van der Waals surface area contributed by atoms with Gasteiger partial charge in [0.15, 0.2) is 0 Å². The molecular formula is C14H20N4O2. The summed E-state index contributed by atoms with van der Waals surface area (Å²) in [5, 5.41) is 19.9. The van der Waals surface area contributed by atoms with E-state index in [0.29, 0.717) is 0 Å². The quantitative estimate of drug-likeness (QED) is 0.564. The zero-order valence-electron chi connectivity index (χ0n) is 12.2. The number of hydrogen-bond donors (Lipinski definition) is 0. The van der Waals surface area contributed by atoms with Crippen LogP contribution in [0.15, 0.2) is 18.2 Å². The number of nitro benzene ring substituents is 1. The van der Waals surface area contributed by atoms with Gasteiger partial charge in [-0.2, -0.15) is 5.26 Å². The third kappa shape index (κ3) is 4.21. The van der Waals surface area contributed by atoms with Gasteiger partial charge in [-0.15, -0.1) is 0 Å². The van der Waals surface area contributed by atoms with Crippen LogP contribution in [0.4, 0.5) is 11.4 Å². The van der Waals surface area contributed by atoms with Gasteiger partial charge in [0.05, 0.1) is 4.92 Å². The summed E-state index contributed by atoms with van der Waals surface area (Å²) in [6.07, 6.45) is 0.981. The molecule has 0 heterocycles. The molecule has 0 saturated heterocycles. The Balaban J connectivity index is 2.90. The van der Waals surface area contributed by atoms with Crippen LogP contribution in [0.25, 0.3) is 0 Å². The predicted octanol–water partition coefficient (Wildman–Crippen LogP) is 2.24. The maximum atomic E-state index is 11.0. The van der Waals surface area contributed by atoms with Gasteiger partial charge in [-0.1, -0.05) is 0 Å². The lowest BCUT2D eigenvalue weighted by Gasteiger charge is -2.23. The van der Waals surface area contributed by atoms with Crippen molar-refractivity contribution in [1.29, 1.82) is 5.26 Å². The molecular weight excluding hydrogens is 256 g/mol. The smallest absolute Gasteiger partial charge is 0.289 e. The molecule has 1 aromatic rings. The Morgan fingerprint density at radius 3 is 2.55 bits per heavy atom. The Labute approximate surface area is 119 Å². The third-order valence-corrected chi connectivity index (χ3v) is 3.08. The number of anilines is 1. The Hall–Kier alpha value is -2.13. The number of benzene rings is 1. The van der Waals surface area contributed by atoms with Crippen molar-refractivity contribution >= 4 is 11.4 Å². The summed E-state index contributed by atoms with van der Waals surface area (Å²) in [5.41, 5.74) is 0.760. The normalized spacial score (nSPS) is 10.3. The minimum atomic E-state index is -0.504. The Kier molecular flexibility index (Phi) is 5.94. The Morgan fingerprint density at radius 2 is 2.05 bits per heavy atom. The first-order valence-corrected chi connectivity index (χ1v) is 6.57. The van der Waals surface area contributed by atoms with Crippen molar-refractivity contribution in [3.05, 3.63) is 33.9 Å². The first kappa shape index (κ1) is 15.9.